The minimum absolute atomic E-state index is 1.43. The van der Waals surface area contributed by atoms with E-state index in [2.05, 4.69) is 0 Å². The highest BCUT2D eigenvalue weighted by Crippen LogP contribution is 2.21. The van der Waals surface area contributed by atoms with E-state index in [1.54, 1.807) is 6.07 Å². The van der Waals surface area contributed by atoms with E-state index in [0.29, 0.717) is 0 Å². The van der Waals surface area contributed by atoms with Crippen molar-refractivity contribution in [1.82, 2.24) is 0 Å². The van der Waals surface area contributed by atoms with Crippen LogP contribution in [0.2, 0.25) is 0 Å². The summed E-state index contributed by atoms with van der Waals surface area (Å²) in [6.07, 6.45) is 0. The van der Waals surface area contributed by atoms with Gasteiger partial charge in [-0.1, -0.05) is 0 Å². The lowest BCUT2D eigenvalue weighted by molar-refractivity contribution is -0.0514. The molecule has 0 aromatic heterocycles. The Labute approximate surface area is 102 Å². The van der Waals surface area contributed by atoms with Crippen molar-refractivity contribution in [2.75, 3.05) is 0 Å². The van der Waals surface area contributed by atoms with Crippen LogP contribution >= 0.6 is 0 Å². The van der Waals surface area contributed by atoms with Gasteiger partial charge in [0.05, 0.1) is 6.07 Å². The maximum atomic E-state index is 10.7. The van der Waals surface area contributed by atoms with Gasteiger partial charge in [-0.15, -0.1) is 0 Å². The zero-order chi connectivity index (χ0) is 16.7. The molecule has 0 unspecified atom stereocenters. The fourth-order valence-corrected chi connectivity index (χ4v) is 0. The Morgan fingerprint density at radius 1 is 0.842 bits per heavy atom. The fraction of sp³-hybridized carbons (Fsp3) is 0.750. The van der Waals surface area contributed by atoms with Gasteiger partial charge in [-0.3, -0.25) is 9.11 Å². The van der Waals surface area contributed by atoms with Crippen LogP contribution in [-0.2, 0) is 20.2 Å². The van der Waals surface area contributed by atoms with Crippen molar-refractivity contribution in [2.45, 2.75) is 17.9 Å². The Morgan fingerprint density at radius 3 is 0.895 bits per heavy atom. The summed E-state index contributed by atoms with van der Waals surface area (Å²) in [6, 6.07) is 1.75. The molecule has 0 aromatic carbocycles. The first kappa shape index (κ1) is 23.0. The Hall–Kier alpha value is -1.11. The number of halogens is 6. The molecular formula is C4H5F6NO6S2. The van der Waals surface area contributed by atoms with Crippen LogP contribution in [0.1, 0.15) is 6.92 Å². The van der Waals surface area contributed by atoms with Gasteiger partial charge in [0.25, 0.3) is 0 Å². The molecule has 0 atom stereocenters. The average Bonchev–Trinajstić information content (AvgIpc) is 1.97. The van der Waals surface area contributed by atoms with Crippen LogP contribution in [0.4, 0.5) is 26.3 Å². The molecule has 116 valence electrons. The monoisotopic (exact) mass is 341 g/mol. The predicted octanol–water partition coefficient (Wildman–Crippen LogP) is 1.32. The van der Waals surface area contributed by atoms with Gasteiger partial charge < -0.3 is 0 Å². The van der Waals surface area contributed by atoms with Crippen molar-refractivity contribution in [2.24, 2.45) is 0 Å². The average molecular weight is 341 g/mol. The van der Waals surface area contributed by atoms with Gasteiger partial charge >= 0.3 is 31.3 Å². The van der Waals surface area contributed by atoms with Crippen molar-refractivity contribution in [3.63, 3.8) is 0 Å². The van der Waals surface area contributed by atoms with Crippen LogP contribution in [0, 0.1) is 11.3 Å². The van der Waals surface area contributed by atoms with E-state index >= 15 is 0 Å². The molecule has 0 aliphatic heterocycles. The van der Waals surface area contributed by atoms with Crippen LogP contribution in [0.15, 0.2) is 0 Å². The molecule has 0 rings (SSSR count). The highest BCUT2D eigenvalue weighted by molar-refractivity contribution is 7.86. The molecule has 0 saturated carbocycles. The molecule has 19 heavy (non-hydrogen) atoms. The van der Waals surface area contributed by atoms with Crippen molar-refractivity contribution in [1.29, 1.82) is 5.26 Å². The third-order valence-electron chi connectivity index (χ3n) is 0.585. The van der Waals surface area contributed by atoms with E-state index < -0.39 is 31.3 Å². The molecule has 0 spiro atoms. The summed E-state index contributed by atoms with van der Waals surface area (Å²) in [7, 11) is -11.7. The second kappa shape index (κ2) is 7.47. The molecule has 15 heteroatoms. The number of hydrogen-bond donors (Lipinski definition) is 2. The summed E-state index contributed by atoms with van der Waals surface area (Å²) in [4.78, 5) is 0. The topological polar surface area (TPSA) is 133 Å². The molecule has 0 heterocycles. The van der Waals surface area contributed by atoms with Crippen LogP contribution < -0.4 is 0 Å². The van der Waals surface area contributed by atoms with E-state index in [4.69, 9.17) is 31.2 Å². The fourth-order valence-electron chi connectivity index (χ4n) is 0. The maximum Gasteiger partial charge on any atom is 0.522 e. The third kappa shape index (κ3) is 13.1. The molecule has 0 aromatic rings. The summed E-state index contributed by atoms with van der Waals surface area (Å²) >= 11 is 0. The quantitative estimate of drug-likeness (QED) is 0.386. The number of hydrogen-bond acceptors (Lipinski definition) is 5. The molecule has 0 radical (unpaired) electrons. The summed E-state index contributed by atoms with van der Waals surface area (Å²) < 4.78 is 115. The molecule has 0 fully saturated rings. The smallest absolute Gasteiger partial charge is 0.279 e. The van der Waals surface area contributed by atoms with Crippen molar-refractivity contribution < 1.29 is 52.3 Å². The number of nitrogens with zero attached hydrogens (tertiary/aromatic N) is 1. The lowest BCUT2D eigenvalue weighted by atomic mass is 11.0. The normalized spacial score (nSPS) is 12.2. The van der Waals surface area contributed by atoms with Gasteiger partial charge in [0.1, 0.15) is 0 Å². The van der Waals surface area contributed by atoms with E-state index in [9.17, 15) is 26.3 Å². The Balaban J connectivity index is -0.000000224. The van der Waals surface area contributed by atoms with E-state index in [1.165, 1.54) is 6.92 Å². The van der Waals surface area contributed by atoms with Crippen LogP contribution in [0.25, 0.3) is 0 Å². The summed E-state index contributed by atoms with van der Waals surface area (Å²) in [5.74, 6) is 0. The van der Waals surface area contributed by atoms with Crippen molar-refractivity contribution >= 4 is 20.2 Å². The standard InChI is InChI=1S/C2H3N.2CHF3O3S/c1-2-3;2*2-1(3,4)8(5,6)7/h1H3;2*(H,5,6,7). The van der Waals surface area contributed by atoms with Crippen molar-refractivity contribution in [3.8, 4) is 6.07 Å². The first-order valence-electron chi connectivity index (χ1n) is 3.30. The Morgan fingerprint density at radius 2 is 0.895 bits per heavy atom. The second-order valence-corrected chi connectivity index (χ2v) is 4.89. The van der Waals surface area contributed by atoms with Crippen LogP contribution in [0.3, 0.4) is 0 Å². The second-order valence-electron chi connectivity index (χ2n) is 2.07. The van der Waals surface area contributed by atoms with Crippen molar-refractivity contribution in [3.05, 3.63) is 0 Å². The Kier molecular flexibility index (Phi) is 9.05. The lowest BCUT2D eigenvalue weighted by Gasteiger charge is -1.97. The summed E-state index contributed by atoms with van der Waals surface area (Å²) in [5, 5.41) is 7.32. The molecule has 0 bridgehead atoms. The van der Waals surface area contributed by atoms with Gasteiger partial charge in [0, 0.05) is 6.92 Å². The minimum Gasteiger partial charge on any atom is -0.279 e. The first-order valence-corrected chi connectivity index (χ1v) is 6.18. The van der Waals surface area contributed by atoms with Gasteiger partial charge in [-0.2, -0.15) is 48.4 Å². The number of alkyl halides is 6. The van der Waals surface area contributed by atoms with Gasteiger partial charge in [-0.05, 0) is 0 Å². The van der Waals surface area contributed by atoms with E-state index in [1.807, 2.05) is 0 Å². The van der Waals surface area contributed by atoms with Crippen LogP contribution in [-0.4, -0.2) is 37.0 Å². The predicted molar refractivity (Wildman–Crippen MR) is 46.5 cm³/mol. The molecule has 0 amide bonds. The van der Waals surface area contributed by atoms with Gasteiger partial charge in [0.2, 0.25) is 0 Å². The largest absolute Gasteiger partial charge is 0.522 e. The molecular weight excluding hydrogens is 336 g/mol. The first-order chi connectivity index (χ1) is 7.91. The molecule has 0 aliphatic rings. The maximum absolute atomic E-state index is 10.7. The summed E-state index contributed by atoms with van der Waals surface area (Å²) in [6.45, 7) is 1.43. The number of nitriles is 1. The highest BCUT2D eigenvalue weighted by Gasteiger charge is 2.45. The van der Waals surface area contributed by atoms with Gasteiger partial charge in [-0.25, -0.2) is 0 Å². The summed E-state index contributed by atoms with van der Waals surface area (Å²) in [5.41, 5.74) is -11.1. The molecule has 2 N–H and O–H groups in total. The zero-order valence-electron chi connectivity index (χ0n) is 8.56. The molecule has 0 aliphatic carbocycles. The molecule has 0 saturated heterocycles. The zero-order valence-corrected chi connectivity index (χ0v) is 10.2. The van der Waals surface area contributed by atoms with Gasteiger partial charge in [0.15, 0.2) is 0 Å². The minimum atomic E-state index is -5.84. The van der Waals surface area contributed by atoms with Crippen LogP contribution in [0.5, 0.6) is 0 Å². The third-order valence-corrected chi connectivity index (χ3v) is 1.75. The SMILES string of the molecule is CC#N.O=S(=O)(O)C(F)(F)F.O=S(=O)(O)C(F)(F)F. The number of rotatable bonds is 0. The van der Waals surface area contributed by atoms with E-state index in [0.717, 1.165) is 0 Å². The Bertz CT molecular complexity index is 453. The lowest BCUT2D eigenvalue weighted by Crippen LogP contribution is -2.21. The van der Waals surface area contributed by atoms with E-state index in [-0.39, 0.29) is 0 Å². The molecule has 7 nitrogen and oxygen atoms in total. The highest BCUT2D eigenvalue weighted by atomic mass is 32.2.